The van der Waals surface area contributed by atoms with E-state index in [1.165, 1.54) is 26.1 Å². The predicted molar refractivity (Wildman–Crippen MR) is 135 cm³/mol. The van der Waals surface area contributed by atoms with Gasteiger partial charge in [0.25, 0.3) is 5.91 Å². The fourth-order valence-electron chi connectivity index (χ4n) is 4.16. The molecule has 2 aromatic heterocycles. The topological polar surface area (TPSA) is 23.6 Å². The third-order valence-corrected chi connectivity index (χ3v) is 7.80. The van der Waals surface area contributed by atoms with Gasteiger partial charge in [0.2, 0.25) is 0 Å². The van der Waals surface area contributed by atoms with Crippen molar-refractivity contribution < 1.29 is 4.79 Å². The molecule has 0 radical (unpaired) electrons. The van der Waals surface area contributed by atoms with Crippen LogP contribution in [0.15, 0.2) is 72.1 Å². The second-order valence-electron chi connectivity index (χ2n) is 7.70. The Balaban J connectivity index is 0.00000231. The van der Waals surface area contributed by atoms with Gasteiger partial charge in [0.15, 0.2) is 0 Å². The van der Waals surface area contributed by atoms with Gasteiger partial charge in [-0.1, -0.05) is 54.6 Å². The number of rotatable bonds is 4. The summed E-state index contributed by atoms with van der Waals surface area (Å²) >= 11 is 3.33. The van der Waals surface area contributed by atoms with E-state index in [9.17, 15) is 4.79 Å². The van der Waals surface area contributed by atoms with E-state index in [0.717, 1.165) is 44.0 Å². The highest BCUT2D eigenvalue weighted by atomic mass is 35.5. The van der Waals surface area contributed by atoms with Gasteiger partial charge in [-0.25, -0.2) is 0 Å². The number of nitrogens with zero attached hydrogens (tertiary/aromatic N) is 2. The van der Waals surface area contributed by atoms with Crippen molar-refractivity contribution in [3.8, 4) is 11.1 Å². The van der Waals surface area contributed by atoms with Crippen LogP contribution in [0.25, 0.3) is 20.5 Å². The molecular weight excluding hydrogens is 444 g/mol. The molecule has 0 spiro atoms. The van der Waals surface area contributed by atoms with Gasteiger partial charge in [0.05, 0.1) is 4.88 Å². The maximum absolute atomic E-state index is 13.0. The third-order valence-electron chi connectivity index (χ3n) is 5.72. The van der Waals surface area contributed by atoms with Crippen LogP contribution in [-0.2, 0) is 6.54 Å². The molecule has 0 bridgehead atoms. The molecule has 4 aromatic rings. The summed E-state index contributed by atoms with van der Waals surface area (Å²) in [6.07, 6.45) is 1.01. The Labute approximate surface area is 197 Å². The van der Waals surface area contributed by atoms with Crippen molar-refractivity contribution in [2.24, 2.45) is 0 Å². The number of benzene rings is 2. The number of carbonyl (C=O) groups excluding carboxylic acids is 1. The second kappa shape index (κ2) is 9.96. The Morgan fingerprint density at radius 2 is 1.68 bits per heavy atom. The highest BCUT2D eigenvalue weighted by Crippen LogP contribution is 2.31. The van der Waals surface area contributed by atoms with Gasteiger partial charge in [-0.05, 0) is 40.6 Å². The Morgan fingerprint density at radius 1 is 0.871 bits per heavy atom. The zero-order chi connectivity index (χ0) is 20.3. The molecule has 1 amide bonds. The number of fused-ring (bicyclic) bond motifs is 1. The first-order valence-corrected chi connectivity index (χ1v) is 12.1. The van der Waals surface area contributed by atoms with Crippen molar-refractivity contribution in [1.82, 2.24) is 9.80 Å². The minimum absolute atomic E-state index is 0. The summed E-state index contributed by atoms with van der Waals surface area (Å²) < 4.78 is 2.44. The largest absolute Gasteiger partial charge is 0.337 e. The summed E-state index contributed by atoms with van der Waals surface area (Å²) in [4.78, 5) is 18.4. The molecule has 1 fully saturated rings. The van der Waals surface area contributed by atoms with Crippen LogP contribution in [0, 0.1) is 0 Å². The molecular formula is C25H25ClN2OS2. The van der Waals surface area contributed by atoms with Gasteiger partial charge in [0, 0.05) is 42.1 Å². The molecule has 0 atom stereocenters. The summed E-state index contributed by atoms with van der Waals surface area (Å²) in [6, 6.07) is 23.4. The van der Waals surface area contributed by atoms with E-state index in [1.54, 1.807) is 22.7 Å². The molecule has 1 saturated heterocycles. The number of halogens is 1. The number of hydrogen-bond acceptors (Lipinski definition) is 4. The van der Waals surface area contributed by atoms with Crippen LogP contribution in [0.5, 0.6) is 0 Å². The van der Waals surface area contributed by atoms with E-state index in [4.69, 9.17) is 0 Å². The zero-order valence-electron chi connectivity index (χ0n) is 17.2. The maximum atomic E-state index is 13.0. The number of amides is 1. The van der Waals surface area contributed by atoms with Crippen molar-refractivity contribution in [3.05, 3.63) is 82.6 Å². The van der Waals surface area contributed by atoms with Crippen LogP contribution >= 0.6 is 35.1 Å². The van der Waals surface area contributed by atoms with Crippen LogP contribution < -0.4 is 0 Å². The monoisotopic (exact) mass is 468 g/mol. The molecule has 31 heavy (non-hydrogen) atoms. The van der Waals surface area contributed by atoms with Crippen LogP contribution in [0.4, 0.5) is 0 Å². The lowest BCUT2D eigenvalue weighted by molar-refractivity contribution is 0.0766. The standard InChI is InChI=1S/C25H24N2OS2.ClH/c28-25(24-17-23-22(30-24)11-16-29-23)27-13-6-12-26(14-15-27)18-20-9-4-5-10-21(20)19-7-2-1-3-8-19;/h1-5,7-11,16-17H,6,12-15,18H2;1H. The van der Waals surface area contributed by atoms with Crippen molar-refractivity contribution >= 4 is 50.4 Å². The van der Waals surface area contributed by atoms with E-state index >= 15 is 0 Å². The molecule has 5 rings (SSSR count). The molecule has 1 aliphatic rings. The Morgan fingerprint density at radius 3 is 2.52 bits per heavy atom. The first-order chi connectivity index (χ1) is 14.8. The quantitative estimate of drug-likeness (QED) is 0.346. The fraction of sp³-hybridized carbons (Fsp3) is 0.240. The van der Waals surface area contributed by atoms with Gasteiger partial charge in [0.1, 0.15) is 0 Å². The minimum Gasteiger partial charge on any atom is -0.337 e. The lowest BCUT2D eigenvalue weighted by Crippen LogP contribution is -2.34. The molecule has 0 N–H and O–H groups in total. The number of thiophene rings is 2. The van der Waals surface area contributed by atoms with E-state index in [1.807, 2.05) is 4.90 Å². The number of carbonyl (C=O) groups is 1. The van der Waals surface area contributed by atoms with Crippen LogP contribution in [0.3, 0.4) is 0 Å². The first-order valence-electron chi connectivity index (χ1n) is 10.4. The molecule has 0 saturated carbocycles. The van der Waals surface area contributed by atoms with Gasteiger partial charge >= 0.3 is 0 Å². The predicted octanol–water partition coefficient (Wildman–Crippen LogP) is 6.40. The van der Waals surface area contributed by atoms with Gasteiger partial charge in [-0.3, -0.25) is 9.69 Å². The smallest absolute Gasteiger partial charge is 0.264 e. The summed E-state index contributed by atoms with van der Waals surface area (Å²) in [7, 11) is 0. The van der Waals surface area contributed by atoms with Crippen LogP contribution in [0.2, 0.25) is 0 Å². The van der Waals surface area contributed by atoms with E-state index in [0.29, 0.717) is 0 Å². The van der Waals surface area contributed by atoms with Crippen molar-refractivity contribution in [1.29, 1.82) is 0 Å². The van der Waals surface area contributed by atoms with Crippen molar-refractivity contribution in [2.75, 3.05) is 26.2 Å². The maximum Gasteiger partial charge on any atom is 0.264 e. The molecule has 0 unspecified atom stereocenters. The van der Waals surface area contributed by atoms with Gasteiger partial charge in [-0.2, -0.15) is 0 Å². The Kier molecular flexibility index (Phi) is 7.08. The molecule has 3 nitrogen and oxygen atoms in total. The van der Waals surface area contributed by atoms with Crippen LogP contribution in [-0.4, -0.2) is 41.9 Å². The summed E-state index contributed by atoms with van der Waals surface area (Å²) in [5.41, 5.74) is 3.91. The molecule has 0 aliphatic carbocycles. The third kappa shape index (κ3) is 4.85. The highest BCUT2D eigenvalue weighted by molar-refractivity contribution is 7.27. The Bertz CT molecular complexity index is 1130. The number of hydrogen-bond donors (Lipinski definition) is 0. The van der Waals surface area contributed by atoms with Gasteiger partial charge < -0.3 is 4.90 Å². The zero-order valence-corrected chi connectivity index (χ0v) is 19.6. The van der Waals surface area contributed by atoms with Crippen molar-refractivity contribution in [3.63, 3.8) is 0 Å². The molecule has 6 heteroatoms. The molecule has 160 valence electrons. The normalized spacial score (nSPS) is 14.9. The average Bonchev–Trinajstić information content (AvgIpc) is 3.31. The molecule has 2 aromatic carbocycles. The lowest BCUT2D eigenvalue weighted by Gasteiger charge is -2.23. The molecule has 1 aliphatic heterocycles. The van der Waals surface area contributed by atoms with E-state index in [2.05, 4.69) is 77.0 Å². The first kappa shape index (κ1) is 22.0. The Hall–Kier alpha value is -2.18. The van der Waals surface area contributed by atoms with E-state index < -0.39 is 0 Å². The highest BCUT2D eigenvalue weighted by Gasteiger charge is 2.22. The fourth-order valence-corrected chi connectivity index (χ4v) is 6.23. The van der Waals surface area contributed by atoms with Gasteiger partial charge in [-0.15, -0.1) is 35.1 Å². The summed E-state index contributed by atoms with van der Waals surface area (Å²) in [5.74, 6) is 0.190. The van der Waals surface area contributed by atoms with Crippen LogP contribution in [0.1, 0.15) is 21.7 Å². The SMILES string of the molecule is Cl.O=C(c1cc2sccc2s1)N1CCCN(Cc2ccccc2-c2ccccc2)CC1. The second-order valence-corrected chi connectivity index (χ2v) is 9.74. The minimum atomic E-state index is 0. The van der Waals surface area contributed by atoms with Crippen molar-refractivity contribution in [2.45, 2.75) is 13.0 Å². The summed E-state index contributed by atoms with van der Waals surface area (Å²) in [6.45, 7) is 4.47. The van der Waals surface area contributed by atoms with E-state index in [-0.39, 0.29) is 18.3 Å². The lowest BCUT2D eigenvalue weighted by atomic mass is 9.99. The average molecular weight is 469 g/mol. The summed E-state index contributed by atoms with van der Waals surface area (Å²) in [5, 5.41) is 2.09. The molecule has 3 heterocycles.